The largest absolute Gasteiger partial charge is 0.395 e. The van der Waals surface area contributed by atoms with Gasteiger partial charge in [0, 0.05) is 42.0 Å². The van der Waals surface area contributed by atoms with Crippen LogP contribution in [0, 0.1) is 0 Å². The van der Waals surface area contributed by atoms with Crippen molar-refractivity contribution in [2.24, 2.45) is 0 Å². The van der Waals surface area contributed by atoms with E-state index in [2.05, 4.69) is 34.7 Å². The van der Waals surface area contributed by atoms with Crippen LogP contribution in [0.2, 0.25) is 0 Å². The van der Waals surface area contributed by atoms with Crippen LogP contribution >= 0.6 is 0 Å². The molecule has 1 aromatic heterocycles. The number of aromatic nitrogens is 1. The van der Waals surface area contributed by atoms with E-state index in [1.807, 2.05) is 6.07 Å². The van der Waals surface area contributed by atoms with E-state index in [1.54, 1.807) is 0 Å². The second kappa shape index (κ2) is 6.84. The van der Waals surface area contributed by atoms with Crippen LogP contribution < -0.4 is 5.32 Å². The van der Waals surface area contributed by atoms with Crippen LogP contribution in [0.3, 0.4) is 0 Å². The summed E-state index contributed by atoms with van der Waals surface area (Å²) >= 11 is 0. The van der Waals surface area contributed by atoms with E-state index >= 15 is 0 Å². The fourth-order valence-corrected chi connectivity index (χ4v) is 4.09. The zero-order valence-corrected chi connectivity index (χ0v) is 14.0. The average Bonchev–Trinajstić information content (AvgIpc) is 3.24. The van der Waals surface area contributed by atoms with Crippen LogP contribution in [0.15, 0.2) is 30.5 Å². The van der Waals surface area contributed by atoms with Gasteiger partial charge in [0.1, 0.15) is 0 Å². The number of H-pyrrole nitrogens is 1. The van der Waals surface area contributed by atoms with Crippen molar-refractivity contribution in [3.63, 3.8) is 0 Å². The smallest absolute Gasteiger partial charge is 0.168 e. The SMILES string of the molecule is OC[C@@H](Cc1c[nH]c2ccccc12)NC1CCC2(CC1)OCCO2. The minimum Gasteiger partial charge on any atom is -0.395 e. The van der Waals surface area contributed by atoms with E-state index in [9.17, 15) is 5.11 Å². The molecule has 2 aromatic rings. The summed E-state index contributed by atoms with van der Waals surface area (Å²) in [6.07, 6.45) is 6.83. The third-order valence-corrected chi connectivity index (χ3v) is 5.39. The van der Waals surface area contributed by atoms with Gasteiger partial charge in [0.05, 0.1) is 19.8 Å². The Kier molecular flexibility index (Phi) is 4.59. The number of ether oxygens (including phenoxy) is 2. The summed E-state index contributed by atoms with van der Waals surface area (Å²) in [5.41, 5.74) is 2.41. The highest BCUT2D eigenvalue weighted by Gasteiger charge is 2.40. The van der Waals surface area contributed by atoms with Gasteiger partial charge in [-0.2, -0.15) is 0 Å². The van der Waals surface area contributed by atoms with Crippen molar-refractivity contribution in [1.29, 1.82) is 0 Å². The van der Waals surface area contributed by atoms with Crippen molar-refractivity contribution >= 4 is 10.9 Å². The quantitative estimate of drug-likeness (QED) is 0.787. The third-order valence-electron chi connectivity index (χ3n) is 5.39. The van der Waals surface area contributed by atoms with Gasteiger partial charge < -0.3 is 24.9 Å². The molecule has 5 nitrogen and oxygen atoms in total. The Morgan fingerprint density at radius 1 is 1.21 bits per heavy atom. The maximum absolute atomic E-state index is 9.81. The van der Waals surface area contributed by atoms with E-state index < -0.39 is 0 Å². The maximum atomic E-state index is 9.81. The van der Waals surface area contributed by atoms with Gasteiger partial charge in [-0.25, -0.2) is 0 Å². The zero-order valence-electron chi connectivity index (χ0n) is 14.0. The lowest BCUT2D eigenvalue weighted by atomic mass is 9.89. The molecule has 1 aliphatic carbocycles. The van der Waals surface area contributed by atoms with E-state index in [4.69, 9.17) is 9.47 Å². The summed E-state index contributed by atoms with van der Waals surface area (Å²) in [6.45, 7) is 1.59. The molecular formula is C19H26N2O3. The number of aliphatic hydroxyl groups is 1. The molecule has 0 amide bonds. The standard InChI is InChI=1S/C19H26N2O3/c22-13-16(11-14-12-20-18-4-2-1-3-17(14)18)21-15-5-7-19(8-6-15)23-9-10-24-19/h1-4,12,15-16,20-22H,5-11,13H2/t16-/m1/s1. The van der Waals surface area contributed by atoms with Gasteiger partial charge in [-0.15, -0.1) is 0 Å². The lowest BCUT2D eigenvalue weighted by Gasteiger charge is -2.37. The molecule has 2 fully saturated rings. The average molecular weight is 330 g/mol. The van der Waals surface area contributed by atoms with Crippen LogP contribution in [0.25, 0.3) is 10.9 Å². The first-order valence-corrected chi connectivity index (χ1v) is 8.98. The molecule has 3 N–H and O–H groups in total. The molecule has 1 spiro atoms. The molecule has 0 bridgehead atoms. The summed E-state index contributed by atoms with van der Waals surface area (Å²) in [7, 11) is 0. The van der Waals surface area contributed by atoms with Gasteiger partial charge in [0.2, 0.25) is 0 Å². The van der Waals surface area contributed by atoms with Gasteiger partial charge in [0.15, 0.2) is 5.79 Å². The predicted octanol–water partition coefficient (Wildman–Crippen LogP) is 2.35. The number of para-hydroxylation sites is 1. The number of rotatable bonds is 5. The number of aromatic amines is 1. The van der Waals surface area contributed by atoms with E-state index in [1.165, 1.54) is 10.9 Å². The third kappa shape index (κ3) is 3.22. The first-order valence-electron chi connectivity index (χ1n) is 8.98. The minimum absolute atomic E-state index is 0.0775. The molecule has 24 heavy (non-hydrogen) atoms. The maximum Gasteiger partial charge on any atom is 0.168 e. The molecule has 0 unspecified atom stereocenters. The zero-order chi connectivity index (χ0) is 16.4. The van der Waals surface area contributed by atoms with Crippen molar-refractivity contribution in [1.82, 2.24) is 10.3 Å². The number of fused-ring (bicyclic) bond motifs is 1. The first-order chi connectivity index (χ1) is 11.8. The van der Waals surface area contributed by atoms with E-state index in [-0.39, 0.29) is 18.4 Å². The lowest BCUT2D eigenvalue weighted by Crippen LogP contribution is -2.47. The van der Waals surface area contributed by atoms with Gasteiger partial charge >= 0.3 is 0 Å². The van der Waals surface area contributed by atoms with Crippen molar-refractivity contribution in [3.8, 4) is 0 Å². The topological polar surface area (TPSA) is 66.5 Å². The van der Waals surface area contributed by atoms with Crippen molar-refractivity contribution in [3.05, 3.63) is 36.0 Å². The number of nitrogens with one attached hydrogen (secondary N) is 2. The highest BCUT2D eigenvalue weighted by atomic mass is 16.7. The van der Waals surface area contributed by atoms with Crippen molar-refractivity contribution < 1.29 is 14.6 Å². The monoisotopic (exact) mass is 330 g/mol. The van der Waals surface area contributed by atoms with E-state index in [0.29, 0.717) is 6.04 Å². The second-order valence-corrected chi connectivity index (χ2v) is 6.99. The Morgan fingerprint density at radius 3 is 2.71 bits per heavy atom. The van der Waals surface area contributed by atoms with Crippen LogP contribution in [0.4, 0.5) is 0 Å². The molecule has 1 saturated carbocycles. The molecule has 1 aliphatic heterocycles. The molecule has 4 rings (SSSR count). The highest BCUT2D eigenvalue weighted by molar-refractivity contribution is 5.83. The normalized spacial score (nSPS) is 22.4. The fraction of sp³-hybridized carbons (Fsp3) is 0.579. The molecule has 130 valence electrons. The molecule has 1 saturated heterocycles. The second-order valence-electron chi connectivity index (χ2n) is 6.99. The molecule has 0 radical (unpaired) electrons. The summed E-state index contributed by atoms with van der Waals surface area (Å²) in [5.74, 6) is -0.316. The van der Waals surface area contributed by atoms with Gasteiger partial charge in [-0.05, 0) is 30.9 Å². The number of hydrogen-bond donors (Lipinski definition) is 3. The van der Waals surface area contributed by atoms with E-state index in [0.717, 1.165) is 50.8 Å². The summed E-state index contributed by atoms with van der Waals surface area (Å²) in [5, 5.41) is 14.7. The van der Waals surface area contributed by atoms with Gasteiger partial charge in [-0.3, -0.25) is 0 Å². The predicted molar refractivity (Wildman–Crippen MR) is 92.9 cm³/mol. The van der Waals surface area contributed by atoms with Crippen LogP contribution in [0.5, 0.6) is 0 Å². The Morgan fingerprint density at radius 2 is 1.96 bits per heavy atom. The Bertz CT molecular complexity index is 668. The number of hydrogen-bond acceptors (Lipinski definition) is 4. The van der Waals surface area contributed by atoms with Gasteiger partial charge in [-0.1, -0.05) is 18.2 Å². The van der Waals surface area contributed by atoms with Crippen molar-refractivity contribution in [2.45, 2.75) is 50.0 Å². The first kappa shape index (κ1) is 16.1. The Labute approximate surface area is 142 Å². The number of aliphatic hydroxyl groups excluding tert-OH is 1. The number of benzene rings is 1. The Balaban J connectivity index is 1.36. The molecule has 2 aliphatic rings. The molecule has 1 atom stereocenters. The van der Waals surface area contributed by atoms with Crippen LogP contribution in [0.1, 0.15) is 31.2 Å². The van der Waals surface area contributed by atoms with Crippen LogP contribution in [-0.2, 0) is 15.9 Å². The van der Waals surface area contributed by atoms with Crippen molar-refractivity contribution in [2.75, 3.05) is 19.8 Å². The fourth-order valence-electron chi connectivity index (χ4n) is 4.09. The van der Waals surface area contributed by atoms with Gasteiger partial charge in [0.25, 0.3) is 0 Å². The highest BCUT2D eigenvalue weighted by Crippen LogP contribution is 2.35. The van der Waals surface area contributed by atoms with Crippen LogP contribution in [-0.4, -0.2) is 47.8 Å². The molecule has 5 heteroatoms. The minimum atomic E-state index is -0.316. The Hall–Kier alpha value is -1.40. The summed E-state index contributed by atoms with van der Waals surface area (Å²) in [4.78, 5) is 3.31. The summed E-state index contributed by atoms with van der Waals surface area (Å²) < 4.78 is 11.6. The molecule has 1 aromatic carbocycles. The summed E-state index contributed by atoms with van der Waals surface area (Å²) in [6, 6.07) is 8.81. The molecule has 2 heterocycles. The molecular weight excluding hydrogens is 304 g/mol. The lowest BCUT2D eigenvalue weighted by molar-refractivity contribution is -0.179.